The molecule has 0 saturated carbocycles. The van der Waals surface area contributed by atoms with Crippen LogP contribution in [0.2, 0.25) is 0 Å². The Labute approximate surface area is 217 Å². The summed E-state index contributed by atoms with van der Waals surface area (Å²) in [4.78, 5) is 38.2. The van der Waals surface area contributed by atoms with E-state index in [1.54, 1.807) is 12.1 Å². The van der Waals surface area contributed by atoms with Crippen LogP contribution in [0.25, 0.3) is 0 Å². The number of imide groups is 1. The van der Waals surface area contributed by atoms with Crippen molar-refractivity contribution in [3.8, 4) is 5.75 Å². The minimum absolute atomic E-state index is 0.0520. The molecule has 12 heteroatoms. The molecule has 2 heterocycles. The molecule has 0 aliphatic carbocycles. The van der Waals surface area contributed by atoms with Crippen LogP contribution in [-0.2, 0) is 16.1 Å². The number of ether oxygens (including phenoxy) is 1. The van der Waals surface area contributed by atoms with Crippen molar-refractivity contribution in [1.29, 1.82) is 0 Å². The van der Waals surface area contributed by atoms with Gasteiger partial charge in [-0.3, -0.25) is 19.9 Å². The molecule has 4 rings (SSSR count). The summed E-state index contributed by atoms with van der Waals surface area (Å²) in [6.45, 7) is 7.43. The first-order valence-electron chi connectivity index (χ1n) is 11.9. The first-order chi connectivity index (χ1) is 17.7. The van der Waals surface area contributed by atoms with Gasteiger partial charge in [0.2, 0.25) is 0 Å². The summed E-state index contributed by atoms with van der Waals surface area (Å²) in [5.41, 5.74) is 0.543. The van der Waals surface area contributed by atoms with Crippen LogP contribution in [0.3, 0.4) is 0 Å². The number of carbonyl (C=O) groups is 3. The molecule has 3 amide bonds. The smallest absolute Gasteiger partial charge is 0.490 e. The Morgan fingerprint density at radius 1 is 1.18 bits per heavy atom. The van der Waals surface area contributed by atoms with Crippen LogP contribution in [-0.4, -0.2) is 58.3 Å². The topological polar surface area (TPSA) is 99.2 Å². The number of piperidine rings is 1. The Bertz CT molecular complexity index is 1190. The summed E-state index contributed by atoms with van der Waals surface area (Å²) in [5.74, 6) is -2.66. The van der Waals surface area contributed by atoms with Gasteiger partial charge in [0.25, 0.3) is 5.91 Å². The number of carboxylic acids is 1. The molecule has 2 N–H and O–H groups in total. The van der Waals surface area contributed by atoms with Gasteiger partial charge in [0, 0.05) is 24.8 Å². The van der Waals surface area contributed by atoms with Gasteiger partial charge in [-0.1, -0.05) is 18.2 Å². The van der Waals surface area contributed by atoms with Crippen LogP contribution in [0.1, 0.15) is 39.2 Å². The Morgan fingerprint density at radius 3 is 2.42 bits per heavy atom. The summed E-state index contributed by atoms with van der Waals surface area (Å²) in [6, 6.07) is 13.5. The number of nitrogens with zero attached hydrogens (tertiary/aromatic N) is 2. The highest BCUT2D eigenvalue weighted by atomic mass is 19.4. The quantitative estimate of drug-likeness (QED) is 0.421. The van der Waals surface area contributed by atoms with E-state index in [1.807, 2.05) is 32.0 Å². The molecule has 2 aromatic carbocycles. The Morgan fingerprint density at radius 2 is 1.84 bits per heavy atom. The van der Waals surface area contributed by atoms with Crippen molar-refractivity contribution in [3.63, 3.8) is 0 Å². The van der Waals surface area contributed by atoms with Crippen LogP contribution >= 0.6 is 0 Å². The van der Waals surface area contributed by atoms with Crippen molar-refractivity contribution in [2.45, 2.75) is 64.0 Å². The zero-order valence-electron chi connectivity index (χ0n) is 21.1. The standard InChI is InChI=1S/C24H28FN3O3.C2HF3O2/c1-16(2)31-21-9-4-6-18(12-21)15-27-11-10-24(14-17(27)3)22(29)26-23(30)28(24)20-8-5-7-19(25)13-20;3-2(4,5)1(6)7/h4-9,12-13,16-17H,10-11,14-15H2,1-3H3,(H,26,29,30);(H,6,7)/t17-,24+;/m0./s1. The van der Waals surface area contributed by atoms with Gasteiger partial charge in [-0.15, -0.1) is 0 Å². The van der Waals surface area contributed by atoms with E-state index in [0.29, 0.717) is 25.1 Å². The number of aliphatic carboxylic acids is 1. The summed E-state index contributed by atoms with van der Waals surface area (Å²) < 4.78 is 51.4. The Hall–Kier alpha value is -3.67. The predicted octanol–water partition coefficient (Wildman–Crippen LogP) is 4.73. The lowest BCUT2D eigenvalue weighted by Crippen LogP contribution is -2.59. The van der Waals surface area contributed by atoms with Crippen molar-refractivity contribution in [3.05, 3.63) is 59.9 Å². The molecular formula is C26H29F4N3O5. The molecule has 1 spiro atoms. The summed E-state index contributed by atoms with van der Waals surface area (Å²) in [6.07, 6.45) is -4.02. The van der Waals surface area contributed by atoms with Gasteiger partial charge < -0.3 is 9.84 Å². The molecule has 206 valence electrons. The number of nitrogens with one attached hydrogen (secondary N) is 1. The summed E-state index contributed by atoms with van der Waals surface area (Å²) in [5, 5.41) is 9.57. The zero-order chi connectivity index (χ0) is 28.3. The maximum absolute atomic E-state index is 13.8. The number of carbonyl (C=O) groups excluding carboxylic acids is 2. The SMILES string of the molecule is CC(C)Oc1cccc(CN2CC[C@@]3(C[C@@H]2C)C(=O)NC(=O)N3c2cccc(F)c2)c1.O=C(O)C(F)(F)F. The molecule has 2 aliphatic heterocycles. The molecule has 2 aromatic rings. The number of halogens is 4. The minimum atomic E-state index is -5.08. The fourth-order valence-electron chi connectivity index (χ4n) is 4.68. The normalized spacial score (nSPS) is 21.8. The Kier molecular flexibility index (Phi) is 8.65. The predicted molar refractivity (Wildman–Crippen MR) is 130 cm³/mol. The average Bonchev–Trinajstić information content (AvgIpc) is 3.04. The van der Waals surface area contributed by atoms with Gasteiger partial charge in [0.1, 0.15) is 17.1 Å². The van der Waals surface area contributed by atoms with E-state index < -0.39 is 29.5 Å². The number of urea groups is 1. The molecule has 0 radical (unpaired) electrons. The second-order valence-corrected chi connectivity index (χ2v) is 9.50. The van der Waals surface area contributed by atoms with Crippen LogP contribution in [0, 0.1) is 5.82 Å². The van der Waals surface area contributed by atoms with Gasteiger partial charge >= 0.3 is 18.2 Å². The van der Waals surface area contributed by atoms with Crippen molar-refractivity contribution < 1.29 is 41.8 Å². The van der Waals surface area contributed by atoms with Crippen LogP contribution < -0.4 is 15.0 Å². The highest BCUT2D eigenvalue weighted by Crippen LogP contribution is 2.40. The summed E-state index contributed by atoms with van der Waals surface area (Å²) >= 11 is 0. The van der Waals surface area contributed by atoms with Gasteiger partial charge in [0.15, 0.2) is 0 Å². The third kappa shape index (κ3) is 6.60. The average molecular weight is 540 g/mol. The van der Waals surface area contributed by atoms with Gasteiger partial charge in [-0.2, -0.15) is 13.2 Å². The third-order valence-corrected chi connectivity index (χ3v) is 6.31. The van der Waals surface area contributed by atoms with Gasteiger partial charge in [-0.05, 0) is 69.5 Å². The number of anilines is 1. The number of benzene rings is 2. The number of hydrogen-bond donors (Lipinski definition) is 2. The van der Waals surface area contributed by atoms with Crippen molar-refractivity contribution in [1.82, 2.24) is 10.2 Å². The lowest BCUT2D eigenvalue weighted by Gasteiger charge is -2.45. The minimum Gasteiger partial charge on any atom is -0.491 e. The maximum Gasteiger partial charge on any atom is 0.490 e. The van der Waals surface area contributed by atoms with Gasteiger partial charge in [0.05, 0.1) is 6.10 Å². The molecule has 8 nitrogen and oxygen atoms in total. The molecule has 0 unspecified atom stereocenters. The van der Waals surface area contributed by atoms with Crippen molar-refractivity contribution >= 4 is 23.6 Å². The maximum atomic E-state index is 13.8. The number of amides is 3. The Balaban J connectivity index is 0.000000505. The molecule has 0 aromatic heterocycles. The lowest BCUT2D eigenvalue weighted by atomic mass is 9.81. The van der Waals surface area contributed by atoms with Crippen molar-refractivity contribution in [2.24, 2.45) is 0 Å². The number of likely N-dealkylation sites (tertiary alicyclic amines) is 1. The van der Waals surface area contributed by atoms with E-state index in [1.165, 1.54) is 17.0 Å². The molecule has 2 atom stereocenters. The summed E-state index contributed by atoms with van der Waals surface area (Å²) in [7, 11) is 0. The largest absolute Gasteiger partial charge is 0.491 e. The van der Waals surface area contributed by atoms with E-state index in [4.69, 9.17) is 14.6 Å². The van der Waals surface area contributed by atoms with E-state index in [2.05, 4.69) is 23.2 Å². The van der Waals surface area contributed by atoms with E-state index in [9.17, 15) is 27.2 Å². The van der Waals surface area contributed by atoms with Crippen LogP contribution in [0.15, 0.2) is 48.5 Å². The van der Waals surface area contributed by atoms with E-state index in [0.717, 1.165) is 17.9 Å². The van der Waals surface area contributed by atoms with Crippen LogP contribution in [0.4, 0.5) is 28.0 Å². The fourth-order valence-corrected chi connectivity index (χ4v) is 4.68. The second kappa shape index (κ2) is 11.4. The van der Waals surface area contributed by atoms with Gasteiger partial charge in [-0.25, -0.2) is 14.0 Å². The van der Waals surface area contributed by atoms with Crippen molar-refractivity contribution in [2.75, 3.05) is 11.4 Å². The second-order valence-electron chi connectivity index (χ2n) is 9.50. The molecule has 2 aliphatic rings. The molecule has 2 fully saturated rings. The highest BCUT2D eigenvalue weighted by molar-refractivity contribution is 6.17. The molecule has 38 heavy (non-hydrogen) atoms. The van der Waals surface area contributed by atoms with E-state index in [-0.39, 0.29) is 18.1 Å². The number of hydrogen-bond acceptors (Lipinski definition) is 5. The highest BCUT2D eigenvalue weighted by Gasteiger charge is 2.56. The zero-order valence-corrected chi connectivity index (χ0v) is 21.1. The first-order valence-corrected chi connectivity index (χ1v) is 11.9. The monoisotopic (exact) mass is 539 g/mol. The lowest BCUT2D eigenvalue weighted by molar-refractivity contribution is -0.192. The van der Waals surface area contributed by atoms with Crippen LogP contribution in [0.5, 0.6) is 5.75 Å². The molecular weight excluding hydrogens is 510 g/mol. The third-order valence-electron chi connectivity index (χ3n) is 6.31. The molecule has 2 saturated heterocycles. The fraction of sp³-hybridized carbons (Fsp3) is 0.423. The number of carboxylic acid groups (broad SMARTS) is 1. The first kappa shape index (κ1) is 28.9. The number of alkyl halides is 3. The number of rotatable bonds is 5. The molecule has 0 bridgehead atoms. The van der Waals surface area contributed by atoms with E-state index >= 15 is 0 Å².